The molecule has 0 amide bonds. The molecule has 8 nitrogen and oxygen atoms in total. The molecule has 0 aromatic heterocycles. The Balaban J connectivity index is 2.87. The molecular formula is C12H11ClN2O6S2. The quantitative estimate of drug-likeness (QED) is 0.316. The number of halogens is 1. The fourth-order valence-corrected chi connectivity index (χ4v) is 3.32. The summed E-state index contributed by atoms with van der Waals surface area (Å²) in [4.78, 5) is 2.61. The van der Waals surface area contributed by atoms with Crippen LogP contribution in [0.5, 0.6) is 0 Å². The normalized spacial score (nSPS) is 13.4. The van der Waals surface area contributed by atoms with Crippen molar-refractivity contribution in [3.8, 4) is 0 Å². The second kappa shape index (κ2) is 6.06. The molecule has 23 heavy (non-hydrogen) atoms. The summed E-state index contributed by atoms with van der Waals surface area (Å²) in [7, 11) is -9.40. The average molecular weight is 379 g/mol. The number of nitrogens with two attached hydrogens (primary N) is 1. The summed E-state index contributed by atoms with van der Waals surface area (Å²) in [5.74, 6) is 0.0548. The third-order valence-corrected chi connectivity index (χ3v) is 4.86. The van der Waals surface area contributed by atoms with Gasteiger partial charge in [0.05, 0.1) is 16.5 Å². The van der Waals surface area contributed by atoms with Gasteiger partial charge in [-0.05, 0) is 29.7 Å². The standard InChI is InChI=1S/C12H11ClN2O6S2/c13-6-12(14)15-8-2-1-7-3-9(22(16,17)18)5-11(10(7)4-8)23(19,20)21/h1-5H,6H2,(H2,14,15)(H,16,17,18)(H,19,20,21). The molecule has 124 valence electrons. The zero-order valence-electron chi connectivity index (χ0n) is 11.3. The Hall–Kier alpha value is -1.72. The zero-order valence-corrected chi connectivity index (χ0v) is 13.7. The van der Waals surface area contributed by atoms with Gasteiger partial charge < -0.3 is 5.73 Å². The maximum atomic E-state index is 11.5. The largest absolute Gasteiger partial charge is 0.386 e. The molecule has 2 aromatic carbocycles. The molecule has 2 aromatic rings. The first-order chi connectivity index (χ1) is 10.5. The highest BCUT2D eigenvalue weighted by Crippen LogP contribution is 2.30. The van der Waals surface area contributed by atoms with E-state index in [0.29, 0.717) is 6.07 Å². The fourth-order valence-electron chi connectivity index (χ4n) is 1.91. The lowest BCUT2D eigenvalue weighted by atomic mass is 10.1. The predicted octanol–water partition coefficient (Wildman–Crippen LogP) is 1.56. The van der Waals surface area contributed by atoms with E-state index in [2.05, 4.69) is 4.99 Å². The van der Waals surface area contributed by atoms with Crippen LogP contribution in [0.3, 0.4) is 0 Å². The molecule has 0 unspecified atom stereocenters. The Labute approximate surface area is 137 Å². The van der Waals surface area contributed by atoms with Gasteiger partial charge in [0.15, 0.2) is 0 Å². The summed E-state index contributed by atoms with van der Waals surface area (Å²) in [5.41, 5.74) is 5.76. The molecule has 0 spiro atoms. The zero-order chi connectivity index (χ0) is 17.4. The van der Waals surface area contributed by atoms with Gasteiger partial charge in [0.25, 0.3) is 20.2 Å². The number of hydrogen-bond acceptors (Lipinski definition) is 5. The molecule has 11 heteroatoms. The van der Waals surface area contributed by atoms with E-state index in [4.69, 9.17) is 21.9 Å². The van der Waals surface area contributed by atoms with Gasteiger partial charge in [-0.3, -0.25) is 9.11 Å². The summed E-state index contributed by atoms with van der Waals surface area (Å²) in [6.45, 7) is 0. The number of hydrogen-bond donors (Lipinski definition) is 3. The maximum absolute atomic E-state index is 11.5. The Kier molecular flexibility index (Phi) is 4.64. The van der Waals surface area contributed by atoms with Crippen molar-refractivity contribution in [1.82, 2.24) is 0 Å². The van der Waals surface area contributed by atoms with E-state index < -0.39 is 30.0 Å². The lowest BCUT2D eigenvalue weighted by Gasteiger charge is -2.08. The number of aliphatic imine (C=N–C) groups is 1. The average Bonchev–Trinajstić information content (AvgIpc) is 2.43. The van der Waals surface area contributed by atoms with Gasteiger partial charge in [-0.1, -0.05) is 6.07 Å². The minimum atomic E-state index is -4.74. The first-order valence-corrected chi connectivity index (χ1v) is 9.35. The van der Waals surface area contributed by atoms with Gasteiger partial charge in [-0.15, -0.1) is 11.6 Å². The number of alkyl halides is 1. The van der Waals surface area contributed by atoms with E-state index in [0.717, 1.165) is 6.07 Å². The van der Waals surface area contributed by atoms with Gasteiger partial charge >= 0.3 is 0 Å². The molecule has 0 heterocycles. The molecule has 0 saturated heterocycles. The molecule has 4 N–H and O–H groups in total. The number of fused-ring (bicyclic) bond motifs is 1. The van der Waals surface area contributed by atoms with Gasteiger partial charge in [0.1, 0.15) is 10.7 Å². The van der Waals surface area contributed by atoms with Crippen molar-refractivity contribution in [3.05, 3.63) is 30.3 Å². The lowest BCUT2D eigenvalue weighted by Crippen LogP contribution is -2.12. The fraction of sp³-hybridized carbons (Fsp3) is 0.0833. The van der Waals surface area contributed by atoms with Crippen molar-refractivity contribution in [2.24, 2.45) is 10.7 Å². The van der Waals surface area contributed by atoms with Crippen LogP contribution in [0.1, 0.15) is 0 Å². The van der Waals surface area contributed by atoms with Crippen LogP contribution in [-0.4, -0.2) is 37.7 Å². The van der Waals surface area contributed by atoms with Crippen molar-refractivity contribution >= 4 is 54.1 Å². The second-order valence-corrected chi connectivity index (χ2v) is 7.59. The van der Waals surface area contributed by atoms with Crippen molar-refractivity contribution in [2.45, 2.75) is 9.79 Å². The van der Waals surface area contributed by atoms with E-state index in [1.54, 1.807) is 0 Å². The first kappa shape index (κ1) is 17.6. The van der Waals surface area contributed by atoms with Crippen LogP contribution < -0.4 is 5.73 Å². The molecule has 2 rings (SSSR count). The number of amidine groups is 1. The van der Waals surface area contributed by atoms with Crippen molar-refractivity contribution in [1.29, 1.82) is 0 Å². The van der Waals surface area contributed by atoms with Crippen LogP contribution in [0.2, 0.25) is 0 Å². The minimum Gasteiger partial charge on any atom is -0.386 e. The lowest BCUT2D eigenvalue weighted by molar-refractivity contribution is 0.482. The molecule has 0 radical (unpaired) electrons. The Morgan fingerprint density at radius 1 is 1.09 bits per heavy atom. The molecule has 0 aliphatic heterocycles. The highest BCUT2D eigenvalue weighted by molar-refractivity contribution is 7.86. The first-order valence-electron chi connectivity index (χ1n) is 5.94. The predicted molar refractivity (Wildman–Crippen MR) is 85.6 cm³/mol. The molecule has 0 atom stereocenters. The van der Waals surface area contributed by atoms with Crippen molar-refractivity contribution in [3.63, 3.8) is 0 Å². The van der Waals surface area contributed by atoms with E-state index >= 15 is 0 Å². The summed E-state index contributed by atoms with van der Waals surface area (Å²) >= 11 is 5.51. The van der Waals surface area contributed by atoms with Crippen LogP contribution in [0.4, 0.5) is 5.69 Å². The van der Waals surface area contributed by atoms with Crippen molar-refractivity contribution in [2.75, 3.05) is 5.88 Å². The van der Waals surface area contributed by atoms with E-state index in [1.807, 2.05) is 0 Å². The molecule has 0 bridgehead atoms. The smallest absolute Gasteiger partial charge is 0.295 e. The van der Waals surface area contributed by atoms with Gasteiger partial charge in [-0.25, -0.2) is 4.99 Å². The summed E-state index contributed by atoms with van der Waals surface area (Å²) in [5, 5.41) is 0.180. The van der Waals surface area contributed by atoms with Gasteiger partial charge in [0, 0.05) is 5.39 Å². The van der Waals surface area contributed by atoms with Crippen LogP contribution in [0.15, 0.2) is 45.1 Å². The summed E-state index contributed by atoms with van der Waals surface area (Å²) in [6.07, 6.45) is 0. The molecule has 0 aliphatic rings. The summed E-state index contributed by atoms with van der Waals surface area (Å²) < 4.78 is 63.9. The highest BCUT2D eigenvalue weighted by atomic mass is 35.5. The Morgan fingerprint density at radius 3 is 2.26 bits per heavy atom. The Morgan fingerprint density at radius 2 is 1.74 bits per heavy atom. The number of nitrogens with zero attached hydrogens (tertiary/aromatic N) is 1. The Bertz CT molecular complexity index is 1020. The second-order valence-electron chi connectivity index (χ2n) is 4.51. The van der Waals surface area contributed by atoms with Crippen LogP contribution >= 0.6 is 11.6 Å². The van der Waals surface area contributed by atoms with Crippen LogP contribution in [-0.2, 0) is 20.2 Å². The van der Waals surface area contributed by atoms with E-state index in [-0.39, 0.29) is 28.2 Å². The number of benzene rings is 2. The topological polar surface area (TPSA) is 147 Å². The number of rotatable bonds is 4. The van der Waals surface area contributed by atoms with E-state index in [1.165, 1.54) is 18.2 Å². The monoisotopic (exact) mass is 378 g/mol. The van der Waals surface area contributed by atoms with Crippen molar-refractivity contribution < 1.29 is 25.9 Å². The van der Waals surface area contributed by atoms with Gasteiger partial charge in [0.2, 0.25) is 0 Å². The molecule has 0 aliphatic carbocycles. The SMILES string of the molecule is NC(CCl)=Nc1ccc2cc(S(=O)(=O)O)cc(S(=O)(=O)O)c2c1. The van der Waals surface area contributed by atoms with E-state index in [9.17, 15) is 21.4 Å². The summed E-state index contributed by atoms with van der Waals surface area (Å²) in [6, 6.07) is 5.84. The molecular weight excluding hydrogens is 368 g/mol. The minimum absolute atomic E-state index is 0.0172. The third kappa shape index (κ3) is 3.98. The van der Waals surface area contributed by atoms with Crippen LogP contribution in [0.25, 0.3) is 10.8 Å². The van der Waals surface area contributed by atoms with Gasteiger partial charge in [-0.2, -0.15) is 16.8 Å². The van der Waals surface area contributed by atoms with Crippen LogP contribution in [0, 0.1) is 0 Å². The third-order valence-electron chi connectivity index (χ3n) is 2.86. The molecule has 0 fully saturated rings. The maximum Gasteiger partial charge on any atom is 0.295 e. The highest BCUT2D eigenvalue weighted by Gasteiger charge is 2.20. The molecule has 0 saturated carbocycles.